The summed E-state index contributed by atoms with van der Waals surface area (Å²) < 4.78 is 6.62. The summed E-state index contributed by atoms with van der Waals surface area (Å²) in [6, 6.07) is 13.3. The number of methoxy groups -OCH3 is 1. The SMILES string of the molecule is COC(=O)[C@@H]1CN(C)C(=O)N1C1CCN(Cc2ccc(Cl)c(C)c2)CC1.Cc1cc(CN2CCC(N3C(=O)N(C)C[C@H]3C(=O)Nc3cc(C4CC4)nn3C)CC2)ccc1Cl. The maximum atomic E-state index is 13.3. The molecule has 0 unspecified atom stereocenters. The highest BCUT2D eigenvalue weighted by atomic mass is 35.5. The van der Waals surface area contributed by atoms with E-state index in [1.165, 1.54) is 18.2 Å². The minimum absolute atomic E-state index is 0.0596. The van der Waals surface area contributed by atoms with Crippen LogP contribution in [0.4, 0.5) is 15.4 Å². The number of hydrogen-bond acceptors (Lipinski definition) is 8. The summed E-state index contributed by atoms with van der Waals surface area (Å²) in [5.41, 5.74) is 5.71. The molecule has 5 fully saturated rings. The number of aryl methyl sites for hydroxylation is 3. The Morgan fingerprint density at radius 2 is 1.18 bits per heavy atom. The molecule has 14 nitrogen and oxygen atoms in total. The van der Waals surface area contributed by atoms with Crippen LogP contribution in [-0.2, 0) is 34.5 Å². The second kappa shape index (κ2) is 18.7. The number of urea groups is 2. The van der Waals surface area contributed by atoms with E-state index in [1.807, 2.05) is 44.0 Å². The number of carbonyl (C=O) groups is 4. The van der Waals surface area contributed by atoms with Gasteiger partial charge in [-0.05, 0) is 86.8 Å². The van der Waals surface area contributed by atoms with Crippen LogP contribution in [0.15, 0.2) is 42.5 Å². The number of likely N-dealkylation sites (tertiary alicyclic amines) is 2. The van der Waals surface area contributed by atoms with Crippen LogP contribution in [0.3, 0.4) is 0 Å². The zero-order valence-electron chi connectivity index (χ0n) is 35.7. The van der Waals surface area contributed by atoms with E-state index < -0.39 is 12.1 Å². The highest BCUT2D eigenvalue weighted by Crippen LogP contribution is 2.40. The van der Waals surface area contributed by atoms with E-state index in [-0.39, 0.29) is 36.0 Å². The van der Waals surface area contributed by atoms with Crippen LogP contribution in [0.5, 0.6) is 0 Å². The standard InChI is InChI=1S/C25H33ClN6O2.C19H26ClN3O3/c1-16-12-17(4-7-20(16)26)14-31-10-8-19(9-11-31)32-22(15-29(2)25(32)34)24(33)27-23-13-21(18-5-6-18)28-30(23)3;1-13-10-14(4-5-16(13)20)11-22-8-6-15(7-9-22)23-17(18(24)26-3)12-21(2)19(23)25/h4,7,12-13,18-19,22H,5-6,8-11,14-15H2,1-3H3,(H,27,33);4-5,10,15,17H,6-9,11-12H2,1-3H3/t22-;17-/m00/s1. The molecule has 4 saturated heterocycles. The van der Waals surface area contributed by atoms with Crippen LogP contribution in [0.1, 0.15) is 72.4 Å². The molecule has 3 aromatic rings. The van der Waals surface area contributed by atoms with Crippen LogP contribution < -0.4 is 5.32 Å². The topological polar surface area (TPSA) is 127 Å². The number of carbonyl (C=O) groups excluding carboxylic acids is 4. The van der Waals surface area contributed by atoms with Crippen molar-refractivity contribution in [1.82, 2.24) is 39.2 Å². The molecular weight excluding hydrogens is 805 g/mol. The van der Waals surface area contributed by atoms with Gasteiger partial charge < -0.3 is 29.7 Å². The molecule has 60 heavy (non-hydrogen) atoms. The molecule has 2 atom stereocenters. The lowest BCUT2D eigenvalue weighted by Crippen LogP contribution is -2.52. The van der Waals surface area contributed by atoms with Crippen molar-refractivity contribution in [2.75, 3.05) is 65.8 Å². The minimum atomic E-state index is -0.493. The van der Waals surface area contributed by atoms with Crippen molar-refractivity contribution < 1.29 is 23.9 Å². The van der Waals surface area contributed by atoms with Gasteiger partial charge in [-0.15, -0.1) is 0 Å². The summed E-state index contributed by atoms with van der Waals surface area (Å²) in [6.45, 7) is 10.2. The van der Waals surface area contributed by atoms with E-state index in [2.05, 4.69) is 44.5 Å². The smallest absolute Gasteiger partial charge is 0.330 e. The predicted molar refractivity (Wildman–Crippen MR) is 232 cm³/mol. The van der Waals surface area contributed by atoms with E-state index >= 15 is 0 Å². The number of nitrogens with zero attached hydrogens (tertiary/aromatic N) is 8. The van der Waals surface area contributed by atoms with Gasteiger partial charge in [0.15, 0.2) is 0 Å². The molecule has 8 rings (SSSR count). The largest absolute Gasteiger partial charge is 0.467 e. The van der Waals surface area contributed by atoms with Crippen molar-refractivity contribution in [2.24, 2.45) is 7.05 Å². The number of anilines is 1. The number of aromatic nitrogens is 2. The molecule has 324 valence electrons. The average molecular weight is 865 g/mol. The molecule has 1 aliphatic carbocycles. The Kier molecular flexibility index (Phi) is 13.6. The maximum absolute atomic E-state index is 13.3. The third-order valence-corrected chi connectivity index (χ3v) is 13.6. The van der Waals surface area contributed by atoms with Crippen LogP contribution >= 0.6 is 23.2 Å². The van der Waals surface area contributed by atoms with Crippen LogP contribution in [0.2, 0.25) is 10.0 Å². The summed E-state index contributed by atoms with van der Waals surface area (Å²) in [5, 5.41) is 9.16. The Morgan fingerprint density at radius 1 is 0.717 bits per heavy atom. The van der Waals surface area contributed by atoms with Gasteiger partial charge in [-0.3, -0.25) is 19.3 Å². The number of halogens is 2. The predicted octanol–water partition coefficient (Wildman–Crippen LogP) is 6.12. The van der Waals surface area contributed by atoms with Gasteiger partial charge in [-0.25, -0.2) is 14.4 Å². The number of rotatable bonds is 10. The lowest BCUT2D eigenvalue weighted by atomic mass is 10.0. The third-order valence-electron chi connectivity index (χ3n) is 12.7. The number of ether oxygens (including phenoxy) is 1. The molecule has 4 aliphatic heterocycles. The van der Waals surface area contributed by atoms with Crippen molar-refractivity contribution in [3.63, 3.8) is 0 Å². The lowest BCUT2D eigenvalue weighted by molar-refractivity contribution is -0.145. The van der Waals surface area contributed by atoms with E-state index in [0.29, 0.717) is 24.8 Å². The maximum Gasteiger partial charge on any atom is 0.330 e. The lowest BCUT2D eigenvalue weighted by Gasteiger charge is -2.38. The van der Waals surface area contributed by atoms with Gasteiger partial charge in [0.05, 0.1) is 25.9 Å². The molecule has 0 spiro atoms. The van der Waals surface area contributed by atoms with Crippen molar-refractivity contribution in [2.45, 2.75) is 95.5 Å². The first kappa shape index (κ1) is 43.7. The molecule has 1 N–H and O–H groups in total. The Balaban J connectivity index is 0.000000189. The number of amides is 5. The summed E-state index contributed by atoms with van der Waals surface area (Å²) in [6.07, 6.45) is 5.76. The highest BCUT2D eigenvalue weighted by Gasteiger charge is 2.46. The second-order valence-electron chi connectivity index (χ2n) is 17.2. The van der Waals surface area contributed by atoms with Crippen molar-refractivity contribution in [3.05, 3.63) is 80.5 Å². The fourth-order valence-electron chi connectivity index (χ4n) is 9.10. The van der Waals surface area contributed by atoms with Gasteiger partial charge in [-0.1, -0.05) is 47.5 Å². The van der Waals surface area contributed by atoms with Crippen molar-refractivity contribution in [3.8, 4) is 0 Å². The summed E-state index contributed by atoms with van der Waals surface area (Å²) >= 11 is 12.3. The molecule has 5 heterocycles. The number of nitrogens with one attached hydrogen (secondary N) is 1. The van der Waals surface area contributed by atoms with Crippen LogP contribution in [0, 0.1) is 13.8 Å². The fraction of sp³-hybridized carbons (Fsp3) is 0.568. The van der Waals surface area contributed by atoms with E-state index in [4.69, 9.17) is 27.9 Å². The molecule has 0 bridgehead atoms. The number of benzene rings is 2. The Hall–Kier alpha value is -4.37. The first-order valence-electron chi connectivity index (χ1n) is 21.1. The molecular formula is C44H59Cl2N9O5. The fourth-order valence-corrected chi connectivity index (χ4v) is 9.33. The van der Waals surface area contributed by atoms with Gasteiger partial charge in [0.1, 0.15) is 17.9 Å². The number of likely N-dealkylation sites (N-methyl/N-ethyl adjacent to an activating group) is 2. The number of piperidine rings is 2. The molecule has 1 saturated carbocycles. The average Bonchev–Trinajstić information content (AvgIpc) is 3.88. The van der Waals surface area contributed by atoms with Crippen LogP contribution in [0.25, 0.3) is 0 Å². The minimum Gasteiger partial charge on any atom is -0.467 e. The molecule has 5 amide bonds. The number of esters is 1. The van der Waals surface area contributed by atoms with Crippen molar-refractivity contribution in [1.29, 1.82) is 0 Å². The molecule has 16 heteroatoms. The monoisotopic (exact) mass is 863 g/mol. The molecule has 1 aromatic heterocycles. The normalized spacial score (nSPS) is 22.1. The number of hydrogen-bond donors (Lipinski definition) is 1. The summed E-state index contributed by atoms with van der Waals surface area (Å²) in [4.78, 5) is 62.4. The van der Waals surface area contributed by atoms with Gasteiger partial charge in [-0.2, -0.15) is 5.10 Å². The Morgan fingerprint density at radius 3 is 1.63 bits per heavy atom. The van der Waals surface area contributed by atoms with E-state index in [1.54, 1.807) is 33.5 Å². The van der Waals surface area contributed by atoms with Gasteiger partial charge in [0.2, 0.25) is 5.91 Å². The summed E-state index contributed by atoms with van der Waals surface area (Å²) in [5.74, 6) is 0.750. The van der Waals surface area contributed by atoms with Crippen molar-refractivity contribution >= 4 is 53.0 Å². The van der Waals surface area contributed by atoms with Gasteiger partial charge in [0, 0.05) is 94.5 Å². The van der Waals surface area contributed by atoms with Gasteiger partial charge in [0.25, 0.3) is 0 Å². The first-order valence-corrected chi connectivity index (χ1v) is 21.9. The van der Waals surface area contributed by atoms with Crippen LogP contribution in [-0.4, -0.2) is 148 Å². The first-order chi connectivity index (χ1) is 28.7. The van der Waals surface area contributed by atoms with E-state index in [9.17, 15) is 19.2 Å². The second-order valence-corrected chi connectivity index (χ2v) is 18.0. The van der Waals surface area contributed by atoms with Gasteiger partial charge >= 0.3 is 18.0 Å². The summed E-state index contributed by atoms with van der Waals surface area (Å²) in [7, 11) is 6.73. The molecule has 0 radical (unpaired) electrons. The Bertz CT molecular complexity index is 2060. The zero-order chi connectivity index (χ0) is 42.8. The quantitative estimate of drug-likeness (QED) is 0.242. The molecule has 5 aliphatic rings. The third kappa shape index (κ3) is 9.88. The highest BCUT2D eigenvalue weighted by molar-refractivity contribution is 6.31. The van der Waals surface area contributed by atoms with E-state index in [0.717, 1.165) is 105 Å². The zero-order valence-corrected chi connectivity index (χ0v) is 37.2. The Labute approximate surface area is 363 Å². The molecule has 2 aromatic carbocycles.